The second-order valence-electron chi connectivity index (χ2n) is 8.65. The van der Waals surface area contributed by atoms with Crippen molar-refractivity contribution in [3.63, 3.8) is 0 Å². The quantitative estimate of drug-likeness (QED) is 0.801. The van der Waals surface area contributed by atoms with Crippen LogP contribution < -0.4 is 15.4 Å². The first kappa shape index (κ1) is 20.6. The fourth-order valence-electron chi connectivity index (χ4n) is 3.98. The molecule has 2 heterocycles. The van der Waals surface area contributed by atoms with Crippen molar-refractivity contribution in [3.8, 4) is 5.75 Å². The highest BCUT2D eigenvalue weighted by molar-refractivity contribution is 5.68. The Morgan fingerprint density at radius 3 is 2.29 bits per heavy atom. The number of nitrogens with zero attached hydrogens (tertiary/aromatic N) is 3. The molecule has 2 aliphatic rings. The molecule has 1 amide bonds. The zero-order chi connectivity index (χ0) is 20.3. The Hall–Kier alpha value is -2.15. The number of piperazine rings is 1. The van der Waals surface area contributed by atoms with Crippen LogP contribution in [-0.2, 0) is 4.74 Å². The number of carbonyl (C=O) groups is 1. The van der Waals surface area contributed by atoms with Gasteiger partial charge in [0.05, 0.1) is 12.8 Å². The molecule has 0 atom stereocenters. The third-order valence-corrected chi connectivity index (χ3v) is 5.53. The van der Waals surface area contributed by atoms with Gasteiger partial charge in [0.1, 0.15) is 11.4 Å². The number of anilines is 2. The smallest absolute Gasteiger partial charge is 0.410 e. The lowest BCUT2D eigenvalue weighted by molar-refractivity contribution is 0.0140. The van der Waals surface area contributed by atoms with Gasteiger partial charge in [-0.2, -0.15) is 0 Å². The molecule has 0 aliphatic carbocycles. The molecule has 0 spiro atoms. The lowest BCUT2D eigenvalue weighted by atomic mass is 10.0. The second-order valence-corrected chi connectivity index (χ2v) is 8.65. The molecule has 0 aromatic heterocycles. The number of piperidine rings is 1. The summed E-state index contributed by atoms with van der Waals surface area (Å²) in [7, 11) is 1.65. The highest BCUT2D eigenvalue weighted by Gasteiger charge is 2.31. The molecular weight excluding hydrogens is 356 g/mol. The van der Waals surface area contributed by atoms with E-state index in [1.54, 1.807) is 7.11 Å². The van der Waals surface area contributed by atoms with Gasteiger partial charge in [0, 0.05) is 57.1 Å². The van der Waals surface area contributed by atoms with Crippen LogP contribution >= 0.6 is 0 Å². The molecule has 28 heavy (non-hydrogen) atoms. The number of likely N-dealkylation sites (tertiary alicyclic amines) is 1. The van der Waals surface area contributed by atoms with Gasteiger partial charge in [0.2, 0.25) is 0 Å². The van der Waals surface area contributed by atoms with Gasteiger partial charge in [-0.05, 0) is 45.7 Å². The molecule has 0 radical (unpaired) electrons. The Bertz CT molecular complexity index is 673. The summed E-state index contributed by atoms with van der Waals surface area (Å²) in [6, 6.07) is 6.53. The normalized spacial score (nSPS) is 19.6. The number of amides is 1. The summed E-state index contributed by atoms with van der Waals surface area (Å²) < 4.78 is 10.8. The Morgan fingerprint density at radius 1 is 1.07 bits per heavy atom. The average molecular weight is 391 g/mol. The fourth-order valence-corrected chi connectivity index (χ4v) is 3.98. The summed E-state index contributed by atoms with van der Waals surface area (Å²) in [6.45, 7) is 11.3. The van der Waals surface area contributed by atoms with Gasteiger partial charge in [-0.1, -0.05) is 0 Å². The molecule has 0 bridgehead atoms. The van der Waals surface area contributed by atoms with Crippen molar-refractivity contribution < 1.29 is 14.3 Å². The Labute approximate surface area is 168 Å². The molecule has 3 rings (SSSR count). The van der Waals surface area contributed by atoms with Crippen molar-refractivity contribution in [2.24, 2.45) is 0 Å². The van der Waals surface area contributed by atoms with Crippen LogP contribution in [-0.4, -0.2) is 73.9 Å². The summed E-state index contributed by atoms with van der Waals surface area (Å²) in [6.07, 6.45) is 1.83. The van der Waals surface area contributed by atoms with Gasteiger partial charge >= 0.3 is 6.09 Å². The van der Waals surface area contributed by atoms with E-state index >= 15 is 0 Å². The maximum absolute atomic E-state index is 12.2. The number of methoxy groups -OCH3 is 1. The minimum absolute atomic E-state index is 0.187. The third kappa shape index (κ3) is 5.01. The lowest BCUT2D eigenvalue weighted by Gasteiger charge is -2.43. The van der Waals surface area contributed by atoms with Crippen molar-refractivity contribution in [2.45, 2.75) is 45.3 Å². The molecule has 156 valence electrons. The monoisotopic (exact) mass is 390 g/mol. The van der Waals surface area contributed by atoms with Gasteiger partial charge in [-0.25, -0.2) is 4.79 Å². The van der Waals surface area contributed by atoms with Gasteiger partial charge < -0.3 is 25.0 Å². The van der Waals surface area contributed by atoms with Crippen LogP contribution in [0.1, 0.15) is 33.6 Å². The first-order chi connectivity index (χ1) is 13.3. The average Bonchev–Trinajstić information content (AvgIpc) is 2.67. The van der Waals surface area contributed by atoms with E-state index in [4.69, 9.17) is 15.2 Å². The number of hydrogen-bond acceptors (Lipinski definition) is 6. The molecule has 2 N–H and O–H groups in total. The van der Waals surface area contributed by atoms with E-state index in [-0.39, 0.29) is 6.09 Å². The zero-order valence-electron chi connectivity index (χ0n) is 17.6. The predicted octanol–water partition coefficient (Wildman–Crippen LogP) is 2.80. The minimum atomic E-state index is -0.435. The van der Waals surface area contributed by atoms with E-state index in [2.05, 4.69) is 15.9 Å². The molecule has 0 unspecified atom stereocenters. The topological polar surface area (TPSA) is 71.3 Å². The van der Waals surface area contributed by atoms with Gasteiger partial charge in [0.15, 0.2) is 0 Å². The largest absolute Gasteiger partial charge is 0.495 e. The maximum Gasteiger partial charge on any atom is 0.410 e. The van der Waals surface area contributed by atoms with Crippen LogP contribution in [0.25, 0.3) is 0 Å². The second kappa shape index (κ2) is 8.47. The van der Waals surface area contributed by atoms with E-state index in [9.17, 15) is 4.79 Å². The number of rotatable bonds is 3. The molecule has 7 nitrogen and oxygen atoms in total. The summed E-state index contributed by atoms with van der Waals surface area (Å²) in [4.78, 5) is 19.0. The maximum atomic E-state index is 12.2. The van der Waals surface area contributed by atoms with Crippen molar-refractivity contribution in [3.05, 3.63) is 18.2 Å². The number of nitrogens with two attached hydrogens (primary N) is 1. The van der Waals surface area contributed by atoms with Crippen molar-refractivity contribution in [1.82, 2.24) is 9.80 Å². The molecule has 2 fully saturated rings. The highest BCUT2D eigenvalue weighted by Crippen LogP contribution is 2.29. The minimum Gasteiger partial charge on any atom is -0.495 e. The number of ether oxygens (including phenoxy) is 2. The SMILES string of the molecule is COc1cc(N2CCN(C3CCN(C(=O)OC(C)(C)C)CC3)CC2)ccc1N. The van der Waals surface area contributed by atoms with Gasteiger partial charge in [-0.3, -0.25) is 4.90 Å². The number of hydrogen-bond donors (Lipinski definition) is 1. The van der Waals surface area contributed by atoms with Crippen LogP contribution in [0, 0.1) is 0 Å². The summed E-state index contributed by atoms with van der Waals surface area (Å²) in [5.74, 6) is 0.731. The molecular formula is C21H34N4O3. The fraction of sp³-hybridized carbons (Fsp3) is 0.667. The standard InChI is InChI=1S/C21H34N4O3/c1-21(2,3)28-20(26)25-9-7-16(8-10-25)23-11-13-24(14-12-23)17-5-6-18(22)19(15-17)27-4/h5-6,15-16H,7-14,22H2,1-4H3. The van der Waals surface area contributed by atoms with Crippen molar-refractivity contribution in [2.75, 3.05) is 57.0 Å². The molecule has 1 aromatic carbocycles. The summed E-state index contributed by atoms with van der Waals surface area (Å²) >= 11 is 0. The zero-order valence-corrected chi connectivity index (χ0v) is 17.6. The molecule has 2 saturated heterocycles. The molecule has 7 heteroatoms. The van der Waals surface area contributed by atoms with E-state index < -0.39 is 5.60 Å². The van der Waals surface area contributed by atoms with E-state index in [0.29, 0.717) is 11.7 Å². The van der Waals surface area contributed by atoms with Crippen LogP contribution in [0.5, 0.6) is 5.75 Å². The third-order valence-electron chi connectivity index (χ3n) is 5.53. The summed E-state index contributed by atoms with van der Waals surface area (Å²) in [5.41, 5.74) is 7.32. The van der Waals surface area contributed by atoms with Crippen LogP contribution in [0.4, 0.5) is 16.2 Å². The van der Waals surface area contributed by atoms with Crippen LogP contribution in [0.15, 0.2) is 18.2 Å². The van der Waals surface area contributed by atoms with Crippen molar-refractivity contribution in [1.29, 1.82) is 0 Å². The van der Waals surface area contributed by atoms with Crippen LogP contribution in [0.3, 0.4) is 0 Å². The molecule has 0 saturated carbocycles. The molecule has 2 aliphatic heterocycles. The van der Waals surface area contributed by atoms with Crippen LogP contribution in [0.2, 0.25) is 0 Å². The van der Waals surface area contributed by atoms with E-state index in [0.717, 1.165) is 63.5 Å². The van der Waals surface area contributed by atoms with Crippen molar-refractivity contribution >= 4 is 17.5 Å². The number of nitrogen functional groups attached to an aromatic ring is 1. The Morgan fingerprint density at radius 2 is 1.71 bits per heavy atom. The van der Waals surface area contributed by atoms with E-state index in [1.165, 1.54) is 0 Å². The Balaban J connectivity index is 1.48. The van der Waals surface area contributed by atoms with Gasteiger partial charge in [0.25, 0.3) is 0 Å². The lowest BCUT2D eigenvalue weighted by Crippen LogP contribution is -2.54. The Kier molecular flexibility index (Phi) is 6.23. The number of carbonyl (C=O) groups excluding carboxylic acids is 1. The van der Waals surface area contributed by atoms with E-state index in [1.807, 2.05) is 37.8 Å². The number of benzene rings is 1. The van der Waals surface area contributed by atoms with Gasteiger partial charge in [-0.15, -0.1) is 0 Å². The summed E-state index contributed by atoms with van der Waals surface area (Å²) in [5, 5.41) is 0. The predicted molar refractivity (Wildman–Crippen MR) is 112 cm³/mol. The molecule has 1 aromatic rings. The first-order valence-corrected chi connectivity index (χ1v) is 10.2. The first-order valence-electron chi connectivity index (χ1n) is 10.2. The highest BCUT2D eigenvalue weighted by atomic mass is 16.6.